The molecule has 2 aliphatic rings. The summed E-state index contributed by atoms with van der Waals surface area (Å²) in [5.74, 6) is 1.68. The van der Waals surface area contributed by atoms with Crippen LogP contribution in [0.25, 0.3) is 5.82 Å². The van der Waals surface area contributed by atoms with Crippen LogP contribution in [0.4, 0.5) is 5.82 Å². The van der Waals surface area contributed by atoms with E-state index in [1.807, 2.05) is 24.4 Å². The highest BCUT2D eigenvalue weighted by atomic mass is 15.4. The van der Waals surface area contributed by atoms with Gasteiger partial charge in [0.15, 0.2) is 11.6 Å². The van der Waals surface area contributed by atoms with Crippen molar-refractivity contribution >= 4 is 5.82 Å². The van der Waals surface area contributed by atoms with Gasteiger partial charge in [-0.05, 0) is 49.4 Å². The Morgan fingerprint density at radius 1 is 0.964 bits per heavy atom. The Labute approximate surface area is 164 Å². The minimum atomic E-state index is 0.744. The first-order chi connectivity index (χ1) is 13.8. The standard InChI is InChI=1S/C20H26N8/c1-25-18(16-5-2-3-6-17(16)24-25)15-26-11-13-27(14-12-26)19-7-8-20(23-22-19)28-10-4-9-21-28/h4,7-10H,2-3,5-6,11-15H2,1H3. The summed E-state index contributed by atoms with van der Waals surface area (Å²) in [5.41, 5.74) is 4.25. The van der Waals surface area contributed by atoms with Crippen LogP contribution in [0.5, 0.6) is 0 Å². The molecule has 3 aromatic rings. The fourth-order valence-electron chi connectivity index (χ4n) is 4.31. The summed E-state index contributed by atoms with van der Waals surface area (Å²) in [5, 5.41) is 17.7. The Morgan fingerprint density at radius 3 is 2.50 bits per heavy atom. The normalized spacial score (nSPS) is 17.7. The van der Waals surface area contributed by atoms with Crippen molar-refractivity contribution in [2.45, 2.75) is 32.2 Å². The van der Waals surface area contributed by atoms with Crippen molar-refractivity contribution in [3.63, 3.8) is 0 Å². The van der Waals surface area contributed by atoms with Gasteiger partial charge in [-0.2, -0.15) is 10.2 Å². The molecular formula is C20H26N8. The summed E-state index contributed by atoms with van der Waals surface area (Å²) in [7, 11) is 2.10. The molecule has 0 saturated carbocycles. The van der Waals surface area contributed by atoms with Gasteiger partial charge in [-0.25, -0.2) is 4.68 Å². The molecule has 1 saturated heterocycles. The van der Waals surface area contributed by atoms with Crippen molar-refractivity contribution in [3.05, 3.63) is 47.5 Å². The van der Waals surface area contributed by atoms with E-state index < -0.39 is 0 Å². The van der Waals surface area contributed by atoms with E-state index in [9.17, 15) is 0 Å². The molecule has 1 aliphatic carbocycles. The first-order valence-electron chi connectivity index (χ1n) is 10.1. The molecule has 0 N–H and O–H groups in total. The maximum Gasteiger partial charge on any atom is 0.175 e. The second-order valence-corrected chi connectivity index (χ2v) is 7.67. The zero-order valence-electron chi connectivity index (χ0n) is 16.3. The number of rotatable bonds is 4. The molecular weight excluding hydrogens is 352 g/mol. The monoisotopic (exact) mass is 378 g/mol. The van der Waals surface area contributed by atoms with Gasteiger partial charge >= 0.3 is 0 Å². The molecule has 28 heavy (non-hydrogen) atoms. The van der Waals surface area contributed by atoms with E-state index >= 15 is 0 Å². The molecule has 1 fully saturated rings. The number of hydrogen-bond acceptors (Lipinski definition) is 6. The van der Waals surface area contributed by atoms with Crippen molar-refractivity contribution in [3.8, 4) is 5.82 Å². The highest BCUT2D eigenvalue weighted by Crippen LogP contribution is 2.25. The Balaban J connectivity index is 1.22. The SMILES string of the molecule is Cn1nc2c(c1CN1CCN(c3ccc(-n4cccn4)nn3)CC1)CCCC2. The van der Waals surface area contributed by atoms with E-state index in [0.29, 0.717) is 0 Å². The molecule has 4 heterocycles. The third-order valence-electron chi connectivity index (χ3n) is 5.89. The lowest BCUT2D eigenvalue weighted by atomic mass is 9.95. The van der Waals surface area contributed by atoms with Gasteiger partial charge < -0.3 is 4.90 Å². The highest BCUT2D eigenvalue weighted by Gasteiger charge is 2.23. The summed E-state index contributed by atoms with van der Waals surface area (Å²) in [6.07, 6.45) is 8.53. The zero-order valence-corrected chi connectivity index (χ0v) is 16.3. The van der Waals surface area contributed by atoms with Gasteiger partial charge in [0, 0.05) is 52.2 Å². The molecule has 8 nitrogen and oxygen atoms in total. The molecule has 0 radical (unpaired) electrons. The quantitative estimate of drug-likeness (QED) is 0.687. The Morgan fingerprint density at radius 2 is 1.75 bits per heavy atom. The number of piperazine rings is 1. The van der Waals surface area contributed by atoms with Crippen molar-refractivity contribution in [2.75, 3.05) is 31.1 Å². The highest BCUT2D eigenvalue weighted by molar-refractivity contribution is 5.40. The molecule has 5 rings (SSSR count). The van der Waals surface area contributed by atoms with Gasteiger partial charge in [-0.3, -0.25) is 9.58 Å². The third-order valence-corrected chi connectivity index (χ3v) is 5.89. The Hall–Kier alpha value is -2.74. The largest absolute Gasteiger partial charge is 0.353 e. The number of aryl methyl sites for hydroxylation is 2. The first-order valence-corrected chi connectivity index (χ1v) is 10.1. The summed E-state index contributed by atoms with van der Waals surface area (Å²) in [6.45, 7) is 4.99. The smallest absolute Gasteiger partial charge is 0.175 e. The molecule has 0 atom stereocenters. The fraction of sp³-hybridized carbons (Fsp3) is 0.500. The number of anilines is 1. The minimum Gasteiger partial charge on any atom is -0.353 e. The van der Waals surface area contributed by atoms with Crippen molar-refractivity contribution in [2.24, 2.45) is 7.05 Å². The minimum absolute atomic E-state index is 0.744. The maximum absolute atomic E-state index is 4.76. The van der Waals surface area contributed by atoms with Crippen LogP contribution in [-0.4, -0.2) is 60.8 Å². The topological polar surface area (TPSA) is 67.9 Å². The number of nitrogens with zero attached hydrogens (tertiary/aromatic N) is 8. The predicted molar refractivity (Wildman–Crippen MR) is 106 cm³/mol. The van der Waals surface area contributed by atoms with Gasteiger partial charge in [-0.15, -0.1) is 10.2 Å². The van der Waals surface area contributed by atoms with Crippen molar-refractivity contribution in [1.82, 2.24) is 34.7 Å². The first kappa shape index (κ1) is 17.4. The van der Waals surface area contributed by atoms with E-state index in [2.05, 4.69) is 36.8 Å². The van der Waals surface area contributed by atoms with E-state index in [0.717, 1.165) is 50.8 Å². The molecule has 3 aromatic heterocycles. The van der Waals surface area contributed by atoms with Crippen molar-refractivity contribution in [1.29, 1.82) is 0 Å². The summed E-state index contributed by atoms with van der Waals surface area (Å²) in [4.78, 5) is 4.85. The van der Waals surface area contributed by atoms with Crippen LogP contribution < -0.4 is 4.90 Å². The second kappa shape index (κ2) is 7.35. The third kappa shape index (κ3) is 3.28. The molecule has 0 aromatic carbocycles. The number of aromatic nitrogens is 6. The van der Waals surface area contributed by atoms with Crippen LogP contribution in [0.1, 0.15) is 29.8 Å². The van der Waals surface area contributed by atoms with E-state index in [-0.39, 0.29) is 0 Å². The predicted octanol–water partition coefficient (Wildman–Crippen LogP) is 1.60. The van der Waals surface area contributed by atoms with Gasteiger partial charge in [0.25, 0.3) is 0 Å². The molecule has 0 bridgehead atoms. The van der Waals surface area contributed by atoms with Crippen LogP contribution >= 0.6 is 0 Å². The lowest BCUT2D eigenvalue weighted by Gasteiger charge is -2.35. The number of fused-ring (bicyclic) bond motifs is 1. The molecule has 1 aliphatic heterocycles. The molecule has 0 unspecified atom stereocenters. The summed E-state index contributed by atoms with van der Waals surface area (Å²) >= 11 is 0. The van der Waals surface area contributed by atoms with Gasteiger partial charge in [-0.1, -0.05) is 0 Å². The van der Waals surface area contributed by atoms with Crippen LogP contribution in [0, 0.1) is 0 Å². The lowest BCUT2D eigenvalue weighted by molar-refractivity contribution is 0.242. The van der Waals surface area contributed by atoms with E-state index in [1.54, 1.807) is 10.9 Å². The fourth-order valence-corrected chi connectivity index (χ4v) is 4.31. The Bertz CT molecular complexity index is 920. The van der Waals surface area contributed by atoms with Gasteiger partial charge in [0.05, 0.1) is 11.4 Å². The molecule has 8 heteroatoms. The van der Waals surface area contributed by atoms with E-state index in [1.165, 1.54) is 36.2 Å². The maximum atomic E-state index is 4.76. The summed E-state index contributed by atoms with van der Waals surface area (Å²) in [6, 6.07) is 5.90. The molecule has 146 valence electrons. The number of hydrogen-bond donors (Lipinski definition) is 0. The Kier molecular flexibility index (Phi) is 4.56. The van der Waals surface area contributed by atoms with Crippen LogP contribution in [0.15, 0.2) is 30.6 Å². The second-order valence-electron chi connectivity index (χ2n) is 7.67. The van der Waals surface area contributed by atoms with Crippen molar-refractivity contribution < 1.29 is 0 Å². The average molecular weight is 378 g/mol. The average Bonchev–Trinajstić information content (AvgIpc) is 3.38. The molecule has 0 amide bonds. The zero-order chi connectivity index (χ0) is 18.9. The van der Waals surface area contributed by atoms with Crippen LogP contribution in [0.3, 0.4) is 0 Å². The van der Waals surface area contributed by atoms with Crippen LogP contribution in [-0.2, 0) is 26.4 Å². The van der Waals surface area contributed by atoms with Gasteiger partial charge in [0.1, 0.15) is 0 Å². The summed E-state index contributed by atoms with van der Waals surface area (Å²) < 4.78 is 3.84. The van der Waals surface area contributed by atoms with Gasteiger partial charge in [0.2, 0.25) is 0 Å². The van der Waals surface area contributed by atoms with E-state index in [4.69, 9.17) is 5.10 Å². The molecule has 0 spiro atoms. The lowest BCUT2D eigenvalue weighted by Crippen LogP contribution is -2.46. The van der Waals surface area contributed by atoms with Crippen LogP contribution in [0.2, 0.25) is 0 Å².